The summed E-state index contributed by atoms with van der Waals surface area (Å²) in [7, 11) is 1.65. The summed E-state index contributed by atoms with van der Waals surface area (Å²) >= 11 is 1.41. The molecular formula is C26H31N5O2S. The molecule has 3 unspecified atom stereocenters. The molecule has 1 N–H and O–H groups in total. The van der Waals surface area contributed by atoms with Gasteiger partial charge in [-0.15, -0.1) is 10.2 Å². The maximum Gasteiger partial charge on any atom is 0.230 e. The van der Waals surface area contributed by atoms with E-state index >= 15 is 0 Å². The zero-order valence-corrected chi connectivity index (χ0v) is 20.9. The van der Waals surface area contributed by atoms with Crippen molar-refractivity contribution in [1.29, 1.82) is 0 Å². The second-order valence-corrected chi connectivity index (χ2v) is 11.0. The lowest BCUT2D eigenvalue weighted by Gasteiger charge is -2.39. The zero-order valence-electron chi connectivity index (χ0n) is 20.1. The average molecular weight is 478 g/mol. The molecule has 0 spiro atoms. The molecule has 2 bridgehead atoms. The molecule has 1 aromatic carbocycles. The predicted octanol–water partition coefficient (Wildman–Crippen LogP) is 4.76. The summed E-state index contributed by atoms with van der Waals surface area (Å²) in [6, 6.07) is 11.8. The zero-order chi connectivity index (χ0) is 23.9. The van der Waals surface area contributed by atoms with Gasteiger partial charge < -0.3 is 10.1 Å². The van der Waals surface area contributed by atoms with Crippen LogP contribution in [0.4, 0.5) is 0 Å². The molecule has 7 nitrogen and oxygen atoms in total. The van der Waals surface area contributed by atoms with Gasteiger partial charge in [0.1, 0.15) is 5.75 Å². The monoisotopic (exact) mass is 477 g/mol. The second-order valence-electron chi connectivity index (χ2n) is 10.1. The molecule has 8 heteroatoms. The van der Waals surface area contributed by atoms with Gasteiger partial charge in [-0.2, -0.15) is 0 Å². The van der Waals surface area contributed by atoms with Gasteiger partial charge in [-0.25, -0.2) is 0 Å². The van der Waals surface area contributed by atoms with E-state index in [0.29, 0.717) is 22.7 Å². The van der Waals surface area contributed by atoms with Gasteiger partial charge in [0.2, 0.25) is 5.91 Å². The maximum atomic E-state index is 13.0. The molecule has 2 aliphatic rings. The Morgan fingerprint density at radius 2 is 1.88 bits per heavy atom. The van der Waals surface area contributed by atoms with Crippen molar-refractivity contribution in [2.75, 3.05) is 12.9 Å². The van der Waals surface area contributed by atoms with Gasteiger partial charge in [0, 0.05) is 29.7 Å². The summed E-state index contributed by atoms with van der Waals surface area (Å²) in [6.45, 7) is 7.08. The van der Waals surface area contributed by atoms with Gasteiger partial charge in [-0.1, -0.05) is 32.5 Å². The Bertz CT molecular complexity index is 1180. The number of carbonyl (C=O) groups is 1. The number of pyridine rings is 1. The highest BCUT2D eigenvalue weighted by Crippen LogP contribution is 2.65. The molecule has 34 heavy (non-hydrogen) atoms. The topological polar surface area (TPSA) is 81.9 Å². The van der Waals surface area contributed by atoms with Crippen LogP contribution < -0.4 is 10.1 Å². The summed E-state index contributed by atoms with van der Waals surface area (Å²) in [4.78, 5) is 17.1. The van der Waals surface area contributed by atoms with Crippen molar-refractivity contribution in [3.05, 3.63) is 48.8 Å². The SMILES string of the molecule is COc1ccc(-n2c(SCC(=O)NC3CC4CCC3(C)C4(C)C)nnc2-c2ccncc2)cc1. The smallest absolute Gasteiger partial charge is 0.230 e. The number of methoxy groups -OCH3 is 1. The molecule has 2 fully saturated rings. The standard InChI is InChI=1S/C26H31N5O2S/c1-25(2)18-9-12-26(25,3)21(15-18)28-22(32)16-34-24-30-29-23(17-10-13-27-14-11-17)31(24)19-5-7-20(33-4)8-6-19/h5-8,10-11,13-14,18,21H,9,12,15-16H2,1-4H3,(H,28,32). The van der Waals surface area contributed by atoms with Crippen LogP contribution in [0.5, 0.6) is 5.75 Å². The Morgan fingerprint density at radius 3 is 2.50 bits per heavy atom. The third-order valence-electron chi connectivity index (χ3n) is 8.36. The Kier molecular flexibility index (Phi) is 5.88. The van der Waals surface area contributed by atoms with Gasteiger partial charge in [0.25, 0.3) is 0 Å². The number of rotatable bonds is 7. The number of benzene rings is 1. The van der Waals surface area contributed by atoms with E-state index in [9.17, 15) is 4.79 Å². The quantitative estimate of drug-likeness (QED) is 0.494. The minimum atomic E-state index is 0.0503. The first-order valence-corrected chi connectivity index (χ1v) is 12.7. The number of nitrogens with zero attached hydrogens (tertiary/aromatic N) is 4. The predicted molar refractivity (Wildman–Crippen MR) is 133 cm³/mol. The van der Waals surface area contributed by atoms with E-state index in [1.165, 1.54) is 24.6 Å². The molecule has 0 aliphatic heterocycles. The van der Waals surface area contributed by atoms with Crippen molar-refractivity contribution in [3.63, 3.8) is 0 Å². The van der Waals surface area contributed by atoms with Crippen LogP contribution in [0.2, 0.25) is 0 Å². The third kappa shape index (κ3) is 3.78. The van der Waals surface area contributed by atoms with Gasteiger partial charge >= 0.3 is 0 Å². The van der Waals surface area contributed by atoms with E-state index < -0.39 is 0 Å². The number of thioether (sulfide) groups is 1. The fourth-order valence-electron chi connectivity index (χ4n) is 5.80. The fraction of sp³-hybridized carbons (Fsp3) is 0.462. The molecule has 3 aromatic rings. The van der Waals surface area contributed by atoms with Crippen molar-refractivity contribution < 1.29 is 9.53 Å². The summed E-state index contributed by atoms with van der Waals surface area (Å²) in [5, 5.41) is 12.9. The molecule has 0 saturated heterocycles. The number of aromatic nitrogens is 4. The maximum absolute atomic E-state index is 13.0. The third-order valence-corrected chi connectivity index (χ3v) is 9.29. The van der Waals surface area contributed by atoms with E-state index in [0.717, 1.165) is 23.4 Å². The van der Waals surface area contributed by atoms with Crippen molar-refractivity contribution >= 4 is 17.7 Å². The van der Waals surface area contributed by atoms with Crippen LogP contribution in [0.1, 0.15) is 40.0 Å². The summed E-state index contributed by atoms with van der Waals surface area (Å²) in [5.74, 6) is 2.52. The van der Waals surface area contributed by atoms with Crippen molar-refractivity contribution in [2.45, 2.75) is 51.2 Å². The summed E-state index contributed by atoms with van der Waals surface area (Å²) in [5.41, 5.74) is 2.25. The van der Waals surface area contributed by atoms with E-state index in [2.05, 4.69) is 41.3 Å². The van der Waals surface area contributed by atoms with Crippen molar-refractivity contribution in [1.82, 2.24) is 25.1 Å². The molecular weight excluding hydrogens is 446 g/mol. The number of carbonyl (C=O) groups excluding carboxylic acids is 1. The Labute approximate surface area is 204 Å². The molecule has 2 aliphatic carbocycles. The molecule has 3 atom stereocenters. The molecule has 1 amide bonds. The lowest BCUT2D eigenvalue weighted by atomic mass is 9.69. The van der Waals surface area contributed by atoms with E-state index in [-0.39, 0.29) is 22.8 Å². The number of amides is 1. The first kappa shape index (κ1) is 22.9. The second kappa shape index (κ2) is 8.73. The van der Waals surface area contributed by atoms with E-state index in [1.807, 2.05) is 41.0 Å². The van der Waals surface area contributed by atoms with Crippen LogP contribution in [0.25, 0.3) is 17.1 Å². The highest BCUT2D eigenvalue weighted by Gasteiger charge is 2.61. The number of hydrogen-bond donors (Lipinski definition) is 1. The van der Waals surface area contributed by atoms with Crippen molar-refractivity contribution in [3.8, 4) is 22.8 Å². The van der Waals surface area contributed by atoms with Crippen LogP contribution in [0, 0.1) is 16.7 Å². The van der Waals surface area contributed by atoms with Crippen molar-refractivity contribution in [2.24, 2.45) is 16.7 Å². The number of hydrogen-bond acceptors (Lipinski definition) is 6. The lowest BCUT2D eigenvalue weighted by molar-refractivity contribution is -0.120. The molecule has 2 aromatic heterocycles. The number of fused-ring (bicyclic) bond motifs is 2. The minimum Gasteiger partial charge on any atom is -0.497 e. The summed E-state index contributed by atoms with van der Waals surface area (Å²) in [6.07, 6.45) is 7.01. The number of nitrogens with one attached hydrogen (secondary N) is 1. The van der Waals surface area contributed by atoms with Crippen LogP contribution in [0.15, 0.2) is 53.9 Å². The van der Waals surface area contributed by atoms with E-state index in [4.69, 9.17) is 4.74 Å². The Balaban J connectivity index is 1.36. The van der Waals surface area contributed by atoms with Crippen LogP contribution >= 0.6 is 11.8 Å². The van der Waals surface area contributed by atoms with Crippen LogP contribution in [-0.2, 0) is 4.79 Å². The molecule has 178 valence electrons. The van der Waals surface area contributed by atoms with Crippen LogP contribution in [0.3, 0.4) is 0 Å². The molecule has 0 radical (unpaired) electrons. The fourth-order valence-corrected chi connectivity index (χ4v) is 6.57. The largest absolute Gasteiger partial charge is 0.497 e. The first-order valence-electron chi connectivity index (χ1n) is 11.8. The summed E-state index contributed by atoms with van der Waals surface area (Å²) < 4.78 is 7.29. The highest BCUT2D eigenvalue weighted by molar-refractivity contribution is 7.99. The van der Waals surface area contributed by atoms with Crippen LogP contribution in [-0.4, -0.2) is 44.6 Å². The normalized spacial score (nSPS) is 24.8. The number of ether oxygens (including phenoxy) is 1. The van der Waals surface area contributed by atoms with Gasteiger partial charge in [-0.3, -0.25) is 14.3 Å². The molecule has 5 rings (SSSR count). The van der Waals surface area contributed by atoms with Gasteiger partial charge in [0.05, 0.1) is 12.9 Å². The Morgan fingerprint density at radius 1 is 1.15 bits per heavy atom. The highest BCUT2D eigenvalue weighted by atomic mass is 32.2. The van der Waals surface area contributed by atoms with Gasteiger partial charge in [0.15, 0.2) is 11.0 Å². The van der Waals surface area contributed by atoms with Gasteiger partial charge in [-0.05, 0) is 72.4 Å². The average Bonchev–Trinajstić information content (AvgIpc) is 3.43. The first-order chi connectivity index (χ1) is 16.3. The molecule has 2 heterocycles. The lowest BCUT2D eigenvalue weighted by Crippen LogP contribution is -2.47. The Hall–Kier alpha value is -2.87. The van der Waals surface area contributed by atoms with E-state index in [1.54, 1.807) is 19.5 Å². The molecule has 2 saturated carbocycles. The minimum absolute atomic E-state index is 0.0503.